The van der Waals surface area contributed by atoms with Gasteiger partial charge in [0.2, 0.25) is 0 Å². The van der Waals surface area contributed by atoms with Gasteiger partial charge in [-0.05, 0) is 57.9 Å². The topological polar surface area (TPSA) is 64.3 Å². The fourth-order valence-corrected chi connectivity index (χ4v) is 4.00. The number of rotatable bonds is 5. The molecule has 30 heavy (non-hydrogen) atoms. The maximum atomic E-state index is 13.2. The van der Waals surface area contributed by atoms with E-state index < -0.39 is 0 Å². The van der Waals surface area contributed by atoms with Crippen molar-refractivity contribution in [3.8, 4) is 11.5 Å². The number of furan rings is 1. The van der Waals surface area contributed by atoms with E-state index in [9.17, 15) is 4.79 Å². The number of hydrogen-bond donors (Lipinski definition) is 0. The predicted octanol–water partition coefficient (Wildman–Crippen LogP) is 5.70. The third-order valence-corrected chi connectivity index (χ3v) is 5.65. The highest BCUT2D eigenvalue weighted by Crippen LogP contribution is 2.39. The summed E-state index contributed by atoms with van der Waals surface area (Å²) in [5.41, 5.74) is 2.25. The van der Waals surface area contributed by atoms with E-state index in [1.165, 1.54) is 5.01 Å². The van der Waals surface area contributed by atoms with Crippen molar-refractivity contribution < 1.29 is 18.7 Å². The molecule has 0 unspecified atom stereocenters. The first-order valence-corrected chi connectivity index (χ1v) is 10.3. The average molecular weight is 490 g/mol. The summed E-state index contributed by atoms with van der Waals surface area (Å²) in [4.78, 5) is 13.2. The first kappa shape index (κ1) is 20.5. The van der Waals surface area contributed by atoms with Crippen molar-refractivity contribution in [3.63, 3.8) is 0 Å². The van der Waals surface area contributed by atoms with Crippen LogP contribution in [0.4, 0.5) is 0 Å². The SMILES string of the molecule is COc1ccc(OC)c(C2=NN(C(=O)c3ccc(Br)o3)[C@H](c3ccccc3Cl)C2)c1. The van der Waals surface area contributed by atoms with Gasteiger partial charge in [0.25, 0.3) is 0 Å². The second kappa shape index (κ2) is 8.53. The average Bonchev–Trinajstić information content (AvgIpc) is 3.40. The van der Waals surface area contributed by atoms with Crippen molar-refractivity contribution in [2.75, 3.05) is 14.2 Å². The summed E-state index contributed by atoms with van der Waals surface area (Å²) < 4.78 is 16.8. The van der Waals surface area contributed by atoms with Crippen molar-refractivity contribution in [2.45, 2.75) is 12.5 Å². The normalized spacial score (nSPS) is 15.8. The number of carbonyl (C=O) groups is 1. The van der Waals surface area contributed by atoms with Gasteiger partial charge >= 0.3 is 5.91 Å². The molecule has 1 aliphatic heterocycles. The molecule has 8 heteroatoms. The highest BCUT2D eigenvalue weighted by atomic mass is 79.9. The molecule has 0 aliphatic carbocycles. The number of benzene rings is 2. The van der Waals surface area contributed by atoms with E-state index in [1.54, 1.807) is 32.4 Å². The van der Waals surface area contributed by atoms with Crippen LogP contribution in [0, 0.1) is 0 Å². The molecule has 1 amide bonds. The van der Waals surface area contributed by atoms with Crippen molar-refractivity contribution in [3.05, 3.63) is 81.2 Å². The van der Waals surface area contributed by atoms with E-state index in [0.717, 1.165) is 11.1 Å². The number of methoxy groups -OCH3 is 2. The number of hydrazone groups is 1. The predicted molar refractivity (Wildman–Crippen MR) is 117 cm³/mol. The zero-order valence-corrected chi connectivity index (χ0v) is 18.6. The minimum absolute atomic E-state index is 0.182. The van der Waals surface area contributed by atoms with Crippen LogP contribution in [-0.2, 0) is 0 Å². The van der Waals surface area contributed by atoms with Crippen LogP contribution >= 0.6 is 27.5 Å². The molecule has 1 aromatic heterocycles. The standard InChI is InChI=1S/C22H18BrClN2O4/c1-28-13-7-8-19(29-2)15(11-13)17-12-18(14-5-3-4-6-16(14)24)26(25-17)22(27)20-9-10-21(23)30-20/h3-11,18H,12H2,1-2H3/t18-/m0/s1. The van der Waals surface area contributed by atoms with Gasteiger partial charge in [0.1, 0.15) is 11.5 Å². The van der Waals surface area contributed by atoms with Crippen LogP contribution in [0.15, 0.2) is 68.8 Å². The zero-order valence-electron chi connectivity index (χ0n) is 16.3. The smallest absolute Gasteiger partial charge is 0.310 e. The van der Waals surface area contributed by atoms with Crippen LogP contribution in [0.5, 0.6) is 11.5 Å². The molecule has 4 rings (SSSR count). The lowest BCUT2D eigenvalue weighted by atomic mass is 9.97. The minimum atomic E-state index is -0.388. The van der Waals surface area contributed by atoms with Crippen LogP contribution in [0.2, 0.25) is 5.02 Å². The second-order valence-electron chi connectivity index (χ2n) is 6.61. The van der Waals surface area contributed by atoms with E-state index in [2.05, 4.69) is 21.0 Å². The Labute approximate surface area is 187 Å². The molecule has 1 atom stereocenters. The molecule has 6 nitrogen and oxygen atoms in total. The molecule has 0 radical (unpaired) electrons. The van der Waals surface area contributed by atoms with Crippen LogP contribution in [0.1, 0.15) is 34.1 Å². The Morgan fingerprint density at radius 2 is 1.97 bits per heavy atom. The number of ether oxygens (including phenoxy) is 2. The Balaban J connectivity index is 1.80. The van der Waals surface area contributed by atoms with Gasteiger partial charge in [-0.15, -0.1) is 0 Å². The molecule has 0 spiro atoms. The highest BCUT2D eigenvalue weighted by molar-refractivity contribution is 9.10. The first-order chi connectivity index (χ1) is 14.5. The number of halogens is 2. The van der Waals surface area contributed by atoms with Gasteiger partial charge in [-0.1, -0.05) is 29.8 Å². The molecule has 2 heterocycles. The number of nitrogens with zero attached hydrogens (tertiary/aromatic N) is 2. The summed E-state index contributed by atoms with van der Waals surface area (Å²) in [5.74, 6) is 1.13. The molecular formula is C22H18BrClN2O4. The molecule has 2 aromatic carbocycles. The second-order valence-corrected chi connectivity index (χ2v) is 7.80. The van der Waals surface area contributed by atoms with Gasteiger partial charge in [-0.25, -0.2) is 5.01 Å². The third kappa shape index (κ3) is 3.82. The molecule has 0 bridgehead atoms. The molecule has 1 aliphatic rings. The number of amides is 1. The lowest BCUT2D eigenvalue weighted by Crippen LogP contribution is -2.27. The molecule has 3 aromatic rings. The van der Waals surface area contributed by atoms with Crippen LogP contribution in [0.25, 0.3) is 0 Å². The van der Waals surface area contributed by atoms with Crippen LogP contribution < -0.4 is 9.47 Å². The largest absolute Gasteiger partial charge is 0.497 e. The summed E-state index contributed by atoms with van der Waals surface area (Å²) in [7, 11) is 3.19. The maximum absolute atomic E-state index is 13.2. The molecular weight excluding hydrogens is 472 g/mol. The highest BCUT2D eigenvalue weighted by Gasteiger charge is 2.36. The zero-order chi connectivity index (χ0) is 21.3. The molecule has 154 valence electrons. The van der Waals surface area contributed by atoms with Gasteiger partial charge in [-0.3, -0.25) is 4.79 Å². The lowest BCUT2D eigenvalue weighted by Gasteiger charge is -2.22. The van der Waals surface area contributed by atoms with Gasteiger partial charge < -0.3 is 13.9 Å². The van der Waals surface area contributed by atoms with E-state index in [1.807, 2.05) is 36.4 Å². The van der Waals surface area contributed by atoms with E-state index in [-0.39, 0.29) is 17.7 Å². The van der Waals surface area contributed by atoms with Crippen molar-refractivity contribution in [1.82, 2.24) is 5.01 Å². The quantitative estimate of drug-likeness (QED) is 0.461. The summed E-state index contributed by atoms with van der Waals surface area (Å²) in [6.07, 6.45) is 0.459. The van der Waals surface area contributed by atoms with Crippen molar-refractivity contribution in [2.24, 2.45) is 5.10 Å². The Hall–Kier alpha value is -2.77. The van der Waals surface area contributed by atoms with E-state index in [4.69, 9.17) is 25.5 Å². The summed E-state index contributed by atoms with van der Waals surface area (Å²) in [6, 6.07) is 15.8. The van der Waals surface area contributed by atoms with Gasteiger partial charge in [0.05, 0.1) is 26.0 Å². The Morgan fingerprint density at radius 1 is 1.17 bits per heavy atom. The lowest BCUT2D eigenvalue weighted by molar-refractivity contribution is 0.0677. The summed E-state index contributed by atoms with van der Waals surface area (Å²) in [5, 5.41) is 6.64. The Bertz CT molecular complexity index is 1130. The fraction of sp³-hybridized carbons (Fsp3) is 0.182. The fourth-order valence-electron chi connectivity index (χ4n) is 3.43. The van der Waals surface area contributed by atoms with Crippen molar-refractivity contribution >= 4 is 39.1 Å². The Morgan fingerprint density at radius 3 is 2.63 bits per heavy atom. The first-order valence-electron chi connectivity index (χ1n) is 9.15. The molecule has 0 N–H and O–H groups in total. The van der Waals surface area contributed by atoms with E-state index in [0.29, 0.717) is 33.3 Å². The number of carbonyl (C=O) groups excluding carboxylic acids is 1. The van der Waals surface area contributed by atoms with Crippen LogP contribution in [-0.4, -0.2) is 30.8 Å². The molecule has 0 fully saturated rings. The number of hydrogen-bond acceptors (Lipinski definition) is 5. The maximum Gasteiger partial charge on any atom is 0.310 e. The third-order valence-electron chi connectivity index (χ3n) is 4.88. The van der Waals surface area contributed by atoms with Gasteiger partial charge in [-0.2, -0.15) is 5.10 Å². The van der Waals surface area contributed by atoms with E-state index >= 15 is 0 Å². The Kier molecular flexibility index (Phi) is 5.83. The monoisotopic (exact) mass is 488 g/mol. The molecule has 0 saturated carbocycles. The minimum Gasteiger partial charge on any atom is -0.497 e. The van der Waals surface area contributed by atoms with Crippen molar-refractivity contribution in [1.29, 1.82) is 0 Å². The molecule has 0 saturated heterocycles. The van der Waals surface area contributed by atoms with Gasteiger partial charge in [0.15, 0.2) is 10.4 Å². The van der Waals surface area contributed by atoms with Gasteiger partial charge in [0, 0.05) is 17.0 Å². The van der Waals surface area contributed by atoms with Crippen LogP contribution in [0.3, 0.4) is 0 Å². The summed E-state index contributed by atoms with van der Waals surface area (Å²) in [6.45, 7) is 0. The summed E-state index contributed by atoms with van der Waals surface area (Å²) >= 11 is 9.70.